The number of nitro benzene ring substituents is 1. The maximum absolute atomic E-state index is 12.3. The molecule has 1 unspecified atom stereocenters. The largest absolute Gasteiger partial charge is 0.495 e. The number of hydrogen-bond donors (Lipinski definition) is 2. The molecular formula is C11H16ClN3O5S. The molecule has 118 valence electrons. The Morgan fingerprint density at radius 3 is 2.71 bits per heavy atom. The topological polar surface area (TPSA) is 111 Å². The molecule has 0 bridgehead atoms. The average Bonchev–Trinajstić information content (AvgIpc) is 2.89. The van der Waals surface area contributed by atoms with Gasteiger partial charge in [0.25, 0.3) is 5.69 Å². The Balaban J connectivity index is 0.00000220. The van der Waals surface area contributed by atoms with E-state index in [0.29, 0.717) is 13.0 Å². The third kappa shape index (κ3) is 4.03. The second kappa shape index (κ2) is 7.03. The zero-order valence-corrected chi connectivity index (χ0v) is 12.9. The van der Waals surface area contributed by atoms with Crippen LogP contribution in [0.25, 0.3) is 0 Å². The number of sulfonamides is 1. The number of non-ortho nitro benzene ring substituents is 1. The van der Waals surface area contributed by atoms with E-state index in [1.54, 1.807) is 0 Å². The van der Waals surface area contributed by atoms with Gasteiger partial charge in [-0.15, -0.1) is 12.4 Å². The van der Waals surface area contributed by atoms with E-state index in [-0.39, 0.29) is 34.8 Å². The maximum atomic E-state index is 12.3. The SMILES string of the molecule is COc1cc([N+](=O)[O-])ccc1S(=O)(=O)NC1CCNC1.Cl. The van der Waals surface area contributed by atoms with Gasteiger partial charge in [-0.1, -0.05) is 0 Å². The highest BCUT2D eigenvalue weighted by Crippen LogP contribution is 2.28. The van der Waals surface area contributed by atoms with Crippen LogP contribution in [0.5, 0.6) is 5.75 Å². The molecule has 2 N–H and O–H groups in total. The van der Waals surface area contributed by atoms with E-state index in [0.717, 1.165) is 18.7 Å². The van der Waals surface area contributed by atoms with Crippen molar-refractivity contribution >= 4 is 28.1 Å². The van der Waals surface area contributed by atoms with Crippen molar-refractivity contribution in [3.8, 4) is 5.75 Å². The predicted molar refractivity (Wildman–Crippen MR) is 78.5 cm³/mol. The molecule has 8 nitrogen and oxygen atoms in total. The summed E-state index contributed by atoms with van der Waals surface area (Å²) in [7, 11) is -2.49. The molecule has 1 aromatic carbocycles. The molecule has 1 aliphatic rings. The minimum atomic E-state index is -3.77. The number of rotatable bonds is 5. The van der Waals surface area contributed by atoms with Gasteiger partial charge in [0.1, 0.15) is 10.6 Å². The lowest BCUT2D eigenvalue weighted by molar-refractivity contribution is -0.385. The van der Waals surface area contributed by atoms with E-state index in [2.05, 4.69) is 10.0 Å². The third-order valence-electron chi connectivity index (χ3n) is 3.03. The Morgan fingerprint density at radius 1 is 1.48 bits per heavy atom. The molecule has 0 amide bonds. The van der Waals surface area contributed by atoms with Gasteiger partial charge in [0.2, 0.25) is 10.0 Å². The lowest BCUT2D eigenvalue weighted by atomic mass is 10.3. The highest BCUT2D eigenvalue weighted by atomic mass is 35.5. The average molecular weight is 338 g/mol. The van der Waals surface area contributed by atoms with Crippen molar-refractivity contribution in [2.45, 2.75) is 17.4 Å². The highest BCUT2D eigenvalue weighted by Gasteiger charge is 2.26. The van der Waals surface area contributed by atoms with E-state index >= 15 is 0 Å². The van der Waals surface area contributed by atoms with Gasteiger partial charge in [-0.2, -0.15) is 0 Å². The molecule has 0 aromatic heterocycles. The van der Waals surface area contributed by atoms with Gasteiger partial charge in [-0.05, 0) is 19.0 Å². The number of ether oxygens (including phenoxy) is 1. The number of benzene rings is 1. The van der Waals surface area contributed by atoms with Crippen molar-refractivity contribution in [3.63, 3.8) is 0 Å². The van der Waals surface area contributed by atoms with Crippen LogP contribution in [0, 0.1) is 10.1 Å². The highest BCUT2D eigenvalue weighted by molar-refractivity contribution is 7.89. The summed E-state index contributed by atoms with van der Waals surface area (Å²) in [5, 5.41) is 13.7. The molecule has 0 saturated carbocycles. The quantitative estimate of drug-likeness (QED) is 0.603. The van der Waals surface area contributed by atoms with Gasteiger partial charge < -0.3 is 10.1 Å². The Labute approximate surface area is 128 Å². The number of nitrogens with one attached hydrogen (secondary N) is 2. The number of nitro groups is 1. The van der Waals surface area contributed by atoms with Crippen molar-refractivity contribution in [3.05, 3.63) is 28.3 Å². The number of halogens is 1. The van der Waals surface area contributed by atoms with E-state index < -0.39 is 14.9 Å². The maximum Gasteiger partial charge on any atom is 0.273 e. The van der Waals surface area contributed by atoms with Crippen LogP contribution in [0.3, 0.4) is 0 Å². The molecule has 10 heteroatoms. The summed E-state index contributed by atoms with van der Waals surface area (Å²) in [6.45, 7) is 1.32. The van der Waals surface area contributed by atoms with Crippen LogP contribution in [0.2, 0.25) is 0 Å². The zero-order chi connectivity index (χ0) is 14.8. The van der Waals surface area contributed by atoms with Gasteiger partial charge >= 0.3 is 0 Å². The van der Waals surface area contributed by atoms with Crippen molar-refractivity contribution < 1.29 is 18.1 Å². The lowest BCUT2D eigenvalue weighted by Crippen LogP contribution is -2.36. The van der Waals surface area contributed by atoms with E-state index in [1.165, 1.54) is 13.2 Å². The van der Waals surface area contributed by atoms with Gasteiger partial charge in [-0.25, -0.2) is 13.1 Å². The number of nitrogens with zero attached hydrogens (tertiary/aromatic N) is 1. The zero-order valence-electron chi connectivity index (χ0n) is 11.2. The molecule has 0 spiro atoms. The second-order valence-corrected chi connectivity index (χ2v) is 6.09. The summed E-state index contributed by atoms with van der Waals surface area (Å²) in [4.78, 5) is 9.98. The van der Waals surface area contributed by atoms with Crippen LogP contribution < -0.4 is 14.8 Å². The van der Waals surface area contributed by atoms with Gasteiger partial charge in [0.05, 0.1) is 18.1 Å². The Kier molecular flexibility index (Phi) is 5.90. The van der Waals surface area contributed by atoms with Crippen LogP contribution in [0.4, 0.5) is 5.69 Å². The summed E-state index contributed by atoms with van der Waals surface area (Å²) in [6.07, 6.45) is 0.703. The van der Waals surface area contributed by atoms with Crippen LogP contribution in [-0.4, -0.2) is 39.6 Å². The predicted octanol–water partition coefficient (Wildman–Crippen LogP) is 0.665. The number of methoxy groups -OCH3 is 1. The molecular weight excluding hydrogens is 322 g/mol. The summed E-state index contributed by atoms with van der Waals surface area (Å²) in [6, 6.07) is 3.24. The monoisotopic (exact) mass is 337 g/mol. The normalized spacial score (nSPS) is 18.0. The first-order valence-electron chi connectivity index (χ1n) is 5.99. The van der Waals surface area contributed by atoms with Crippen molar-refractivity contribution in [2.75, 3.05) is 20.2 Å². The van der Waals surface area contributed by atoms with Crippen LogP contribution >= 0.6 is 12.4 Å². The fraction of sp³-hybridized carbons (Fsp3) is 0.455. The second-order valence-electron chi connectivity index (χ2n) is 4.40. The van der Waals surface area contributed by atoms with Crippen LogP contribution in [0.15, 0.2) is 23.1 Å². The minimum absolute atomic E-state index is 0. The van der Waals surface area contributed by atoms with Crippen LogP contribution in [-0.2, 0) is 10.0 Å². The number of hydrogen-bond acceptors (Lipinski definition) is 6. The van der Waals surface area contributed by atoms with E-state index in [9.17, 15) is 18.5 Å². The van der Waals surface area contributed by atoms with Crippen molar-refractivity contribution in [2.24, 2.45) is 0 Å². The van der Waals surface area contributed by atoms with E-state index in [1.807, 2.05) is 0 Å². The Bertz CT molecular complexity index is 616. The molecule has 2 rings (SSSR count). The fourth-order valence-electron chi connectivity index (χ4n) is 2.03. The Morgan fingerprint density at radius 2 is 2.19 bits per heavy atom. The molecule has 1 aliphatic heterocycles. The summed E-state index contributed by atoms with van der Waals surface area (Å²) in [5.41, 5.74) is -0.219. The molecule has 1 saturated heterocycles. The minimum Gasteiger partial charge on any atom is -0.495 e. The fourth-order valence-corrected chi connectivity index (χ4v) is 3.45. The molecule has 1 atom stereocenters. The summed E-state index contributed by atoms with van der Waals surface area (Å²) < 4.78 is 32.0. The standard InChI is InChI=1S/C11H15N3O5S.ClH/c1-19-10-6-9(14(15)16)2-3-11(10)20(17,18)13-8-4-5-12-7-8;/h2-3,6,8,12-13H,4-5,7H2,1H3;1H. The first-order valence-corrected chi connectivity index (χ1v) is 7.48. The molecule has 1 heterocycles. The van der Waals surface area contributed by atoms with Gasteiger partial charge in [-0.3, -0.25) is 10.1 Å². The van der Waals surface area contributed by atoms with Crippen molar-refractivity contribution in [1.82, 2.24) is 10.0 Å². The molecule has 1 aromatic rings. The van der Waals surface area contributed by atoms with Gasteiger partial charge in [0, 0.05) is 18.7 Å². The van der Waals surface area contributed by atoms with E-state index in [4.69, 9.17) is 4.74 Å². The third-order valence-corrected chi connectivity index (χ3v) is 4.59. The van der Waals surface area contributed by atoms with Crippen molar-refractivity contribution in [1.29, 1.82) is 0 Å². The Hall–Kier alpha value is -1.42. The first-order chi connectivity index (χ1) is 9.44. The van der Waals surface area contributed by atoms with Gasteiger partial charge in [0.15, 0.2) is 0 Å². The smallest absolute Gasteiger partial charge is 0.273 e. The molecule has 0 radical (unpaired) electrons. The summed E-state index contributed by atoms with van der Waals surface area (Å²) in [5.74, 6) is -0.0438. The summed E-state index contributed by atoms with van der Waals surface area (Å²) >= 11 is 0. The molecule has 21 heavy (non-hydrogen) atoms. The lowest BCUT2D eigenvalue weighted by Gasteiger charge is -2.14. The van der Waals surface area contributed by atoms with Crippen LogP contribution in [0.1, 0.15) is 6.42 Å². The molecule has 0 aliphatic carbocycles. The first kappa shape index (κ1) is 17.6. The molecule has 1 fully saturated rings.